The molecule has 0 atom stereocenters. The Hall–Kier alpha value is -5.93. The molecule has 0 bridgehead atoms. The summed E-state index contributed by atoms with van der Waals surface area (Å²) in [5, 5.41) is 0. The average Bonchev–Trinajstić information content (AvgIpc) is 3.39. The third-order valence-corrected chi connectivity index (χ3v) is 16.2. The van der Waals surface area contributed by atoms with E-state index in [1.54, 1.807) is 11.9 Å². The molecule has 8 aromatic rings. The van der Waals surface area contributed by atoms with Crippen molar-refractivity contribution >= 4 is 11.9 Å². The maximum atomic E-state index is 3.80. The minimum Gasteiger partial charge on any atom is -0.255 e. The van der Waals surface area contributed by atoms with Crippen molar-refractivity contribution in [3.63, 3.8) is 0 Å². The van der Waals surface area contributed by atoms with E-state index in [9.17, 15) is 0 Å². The molecule has 0 saturated carbocycles. The summed E-state index contributed by atoms with van der Waals surface area (Å²) in [6.45, 7) is 38.4. The number of hydrogen-bond acceptors (Lipinski definition) is 2. The summed E-state index contributed by atoms with van der Waals surface area (Å²) < 4.78 is 3.80. The predicted molar refractivity (Wildman–Crippen MR) is 331 cm³/mol. The van der Waals surface area contributed by atoms with Crippen LogP contribution < -0.4 is 4.72 Å². The molecule has 388 valence electrons. The Morgan fingerprint density at radius 1 is 0.267 bits per heavy atom. The van der Waals surface area contributed by atoms with Crippen molar-refractivity contribution < 1.29 is 0 Å². The quantitative estimate of drug-likeness (QED) is 0.0860. The van der Waals surface area contributed by atoms with Crippen molar-refractivity contribution in [2.24, 2.45) is 0 Å². The SMILES string of the molecule is CC(C)c1cccc(C(C)C)c1-c1cc(-c2cc(SNCc3ccccc3)cc(-c3cc(-c4c(C(C)C)cccc4C(C)C)cc(-c4c(C(C)C)cccc4C(C)C)c3)c2)cc(-c2c(C(C)C)cccc2C(C)C)c1. The second-order valence-corrected chi connectivity index (χ2v) is 24.7. The molecule has 0 aliphatic rings. The zero-order valence-electron chi connectivity index (χ0n) is 48.2. The molecule has 1 nitrogen and oxygen atoms in total. The second kappa shape index (κ2) is 24.0. The Morgan fingerprint density at radius 3 is 0.747 bits per heavy atom. The Labute approximate surface area is 458 Å². The lowest BCUT2D eigenvalue weighted by molar-refractivity contribution is 0.836. The van der Waals surface area contributed by atoms with E-state index in [0.29, 0.717) is 47.3 Å². The summed E-state index contributed by atoms with van der Waals surface area (Å²) >= 11 is 1.74. The van der Waals surface area contributed by atoms with Crippen LogP contribution in [-0.4, -0.2) is 0 Å². The molecule has 0 aliphatic carbocycles. The van der Waals surface area contributed by atoms with Gasteiger partial charge in [-0.1, -0.05) is 214 Å². The minimum atomic E-state index is 0.359. The van der Waals surface area contributed by atoms with Crippen LogP contribution in [0.1, 0.15) is 208 Å². The molecular weight excluding hydrogens is 923 g/mol. The molecule has 8 rings (SSSR count). The fourth-order valence-corrected chi connectivity index (χ4v) is 12.3. The summed E-state index contributed by atoms with van der Waals surface area (Å²) in [6, 6.07) is 61.2. The van der Waals surface area contributed by atoms with E-state index in [1.807, 2.05) is 0 Å². The zero-order chi connectivity index (χ0) is 53.8. The van der Waals surface area contributed by atoms with Crippen molar-refractivity contribution in [3.05, 3.63) is 208 Å². The van der Waals surface area contributed by atoms with Crippen molar-refractivity contribution in [3.8, 4) is 66.8 Å². The van der Waals surface area contributed by atoms with Crippen LogP contribution in [0.4, 0.5) is 0 Å². The van der Waals surface area contributed by atoms with Crippen LogP contribution in [0, 0.1) is 0 Å². The van der Waals surface area contributed by atoms with Crippen LogP contribution in [0.2, 0.25) is 0 Å². The van der Waals surface area contributed by atoms with Crippen molar-refractivity contribution in [2.75, 3.05) is 0 Å². The summed E-state index contributed by atoms with van der Waals surface area (Å²) in [7, 11) is 0. The van der Waals surface area contributed by atoms with E-state index in [1.165, 1.54) is 122 Å². The van der Waals surface area contributed by atoms with Gasteiger partial charge in [-0.2, -0.15) is 0 Å². The van der Waals surface area contributed by atoms with Crippen molar-refractivity contribution in [1.82, 2.24) is 4.72 Å². The standard InChI is InChI=1S/C73H85NS/c1-44(2)62-26-20-27-63(45(3)4)70(62)57-35-53(36-58(39-57)71-64(46(5)6)28-21-29-65(71)47(7)8)55-34-56(42-61(41-55)75-74-43-52-24-18-17-19-25-52)54-37-59(72-66(48(9)10)30-22-31-67(72)49(11)12)40-60(38-54)73-68(50(13)14)32-23-33-69(73)51(15)16/h17-42,44-51,74H,43H2,1-16H3. The highest BCUT2D eigenvalue weighted by Crippen LogP contribution is 2.47. The predicted octanol–water partition coefficient (Wildman–Crippen LogP) is 22.5. The fraction of sp³-hybridized carbons (Fsp3) is 0.342. The van der Waals surface area contributed by atoms with E-state index < -0.39 is 0 Å². The third kappa shape index (κ3) is 12.2. The highest BCUT2D eigenvalue weighted by Gasteiger charge is 2.24. The highest BCUT2D eigenvalue weighted by atomic mass is 32.2. The van der Waals surface area contributed by atoms with Crippen LogP contribution in [-0.2, 0) is 6.54 Å². The van der Waals surface area contributed by atoms with Crippen LogP contribution in [0.5, 0.6) is 0 Å². The van der Waals surface area contributed by atoms with Crippen LogP contribution >= 0.6 is 11.9 Å². The minimum absolute atomic E-state index is 0.359. The number of nitrogens with one attached hydrogen (secondary N) is 1. The van der Waals surface area contributed by atoms with Gasteiger partial charge in [0.05, 0.1) is 0 Å². The Kier molecular flexibility index (Phi) is 17.7. The van der Waals surface area contributed by atoms with E-state index >= 15 is 0 Å². The topological polar surface area (TPSA) is 12.0 Å². The zero-order valence-corrected chi connectivity index (χ0v) is 49.1. The smallest absolute Gasteiger partial charge is 0.0313 e. The molecule has 0 radical (unpaired) electrons. The molecule has 0 unspecified atom stereocenters. The maximum absolute atomic E-state index is 3.80. The Balaban J connectivity index is 1.48. The molecule has 2 heteroatoms. The third-order valence-electron chi connectivity index (χ3n) is 15.4. The van der Waals surface area contributed by atoms with Crippen molar-refractivity contribution in [1.29, 1.82) is 0 Å². The molecule has 0 aromatic heterocycles. The molecule has 0 spiro atoms. The van der Waals surface area contributed by atoms with Gasteiger partial charge in [-0.25, -0.2) is 0 Å². The normalized spacial score (nSPS) is 12.1. The monoisotopic (exact) mass is 1010 g/mol. The summed E-state index contributed by atoms with van der Waals surface area (Å²) in [6.07, 6.45) is 0. The lowest BCUT2D eigenvalue weighted by atomic mass is 9.80. The number of benzene rings is 8. The van der Waals surface area contributed by atoms with Crippen LogP contribution in [0.15, 0.2) is 163 Å². The van der Waals surface area contributed by atoms with Gasteiger partial charge >= 0.3 is 0 Å². The second-order valence-electron chi connectivity index (χ2n) is 23.7. The first-order valence-corrected chi connectivity index (χ1v) is 29.1. The first-order chi connectivity index (χ1) is 35.8. The molecule has 0 amide bonds. The molecular formula is C73H85NS. The highest BCUT2D eigenvalue weighted by molar-refractivity contribution is 7.97. The van der Waals surface area contributed by atoms with E-state index in [-0.39, 0.29) is 0 Å². The van der Waals surface area contributed by atoms with Gasteiger partial charge in [0.25, 0.3) is 0 Å². The molecule has 0 aliphatic heterocycles. The van der Waals surface area contributed by atoms with Gasteiger partial charge in [-0.15, -0.1) is 0 Å². The lowest BCUT2D eigenvalue weighted by Gasteiger charge is -2.24. The Morgan fingerprint density at radius 2 is 0.493 bits per heavy atom. The van der Waals surface area contributed by atoms with Crippen LogP contribution in [0.25, 0.3) is 66.8 Å². The van der Waals surface area contributed by atoms with E-state index in [4.69, 9.17) is 0 Å². The number of hydrogen-bond donors (Lipinski definition) is 1. The molecule has 0 saturated heterocycles. The molecule has 75 heavy (non-hydrogen) atoms. The molecule has 8 aromatic carbocycles. The molecule has 0 fully saturated rings. The lowest BCUT2D eigenvalue weighted by Crippen LogP contribution is -2.03. The summed E-state index contributed by atoms with van der Waals surface area (Å²) in [5.41, 5.74) is 28.0. The average molecular weight is 1010 g/mol. The maximum Gasteiger partial charge on any atom is 0.0313 e. The number of rotatable bonds is 18. The van der Waals surface area contributed by atoms with Gasteiger partial charge in [0.1, 0.15) is 0 Å². The fourth-order valence-electron chi connectivity index (χ4n) is 11.5. The molecule has 1 N–H and O–H groups in total. The van der Waals surface area contributed by atoms with Gasteiger partial charge in [0, 0.05) is 11.4 Å². The van der Waals surface area contributed by atoms with Gasteiger partial charge in [0.15, 0.2) is 0 Å². The van der Waals surface area contributed by atoms with Gasteiger partial charge in [-0.05, 0) is 231 Å². The van der Waals surface area contributed by atoms with Gasteiger partial charge < -0.3 is 0 Å². The summed E-state index contributed by atoms with van der Waals surface area (Å²) in [5.74, 6) is 2.87. The van der Waals surface area contributed by atoms with Crippen LogP contribution in [0.3, 0.4) is 0 Å². The van der Waals surface area contributed by atoms with Crippen molar-refractivity contribution in [2.45, 2.75) is 170 Å². The first kappa shape index (κ1) is 55.3. The first-order valence-electron chi connectivity index (χ1n) is 28.2. The Bertz CT molecular complexity index is 2790. The van der Waals surface area contributed by atoms with Gasteiger partial charge in [-0.3, -0.25) is 4.72 Å². The molecule has 0 heterocycles. The van der Waals surface area contributed by atoms with E-state index in [2.05, 4.69) is 273 Å². The van der Waals surface area contributed by atoms with Gasteiger partial charge in [0.2, 0.25) is 0 Å². The summed E-state index contributed by atoms with van der Waals surface area (Å²) in [4.78, 5) is 1.18. The van der Waals surface area contributed by atoms with E-state index in [0.717, 1.165) is 6.54 Å². The largest absolute Gasteiger partial charge is 0.255 e.